The molecule has 2 aliphatic carbocycles. The van der Waals surface area contributed by atoms with E-state index >= 15 is 0 Å². The van der Waals surface area contributed by atoms with Crippen molar-refractivity contribution in [2.45, 2.75) is 89.6 Å². The van der Waals surface area contributed by atoms with Crippen LogP contribution >= 0.6 is 0 Å². The average Bonchev–Trinajstić information content (AvgIpc) is 2.92. The molecule has 1 amide bonds. The monoisotopic (exact) mass is 412 g/mol. The van der Waals surface area contributed by atoms with Crippen LogP contribution in [0.2, 0.25) is 0 Å². The Morgan fingerprint density at radius 3 is 2.36 bits per heavy atom. The van der Waals surface area contributed by atoms with Crippen LogP contribution in [-0.4, -0.2) is 36.3 Å². The minimum Gasteiger partial charge on any atom is -0.342 e. The van der Waals surface area contributed by atoms with E-state index in [0.717, 1.165) is 51.4 Å². The van der Waals surface area contributed by atoms with E-state index in [4.69, 9.17) is 4.52 Å². The molecule has 2 fully saturated rings. The van der Waals surface area contributed by atoms with Crippen LogP contribution < -0.4 is 10.0 Å². The van der Waals surface area contributed by atoms with Crippen LogP contribution in [0, 0.1) is 12.8 Å². The number of hydrogen-bond acceptors (Lipinski definition) is 6. The van der Waals surface area contributed by atoms with Gasteiger partial charge in [-0.1, -0.05) is 37.8 Å². The van der Waals surface area contributed by atoms with Gasteiger partial charge in [0.1, 0.15) is 11.3 Å². The lowest BCUT2D eigenvalue weighted by Gasteiger charge is -2.31. The number of sulfonamides is 1. The number of carbonyl (C=O) groups excluding carboxylic acids is 1. The first-order valence-electron chi connectivity index (χ1n) is 10.4. The van der Waals surface area contributed by atoms with E-state index in [9.17, 15) is 13.2 Å². The number of aryl methyl sites for hydroxylation is 1. The van der Waals surface area contributed by atoms with Crippen LogP contribution in [0.25, 0.3) is 0 Å². The largest absolute Gasteiger partial charge is 0.342 e. The van der Waals surface area contributed by atoms with Crippen molar-refractivity contribution in [1.29, 1.82) is 0 Å². The number of aromatic nitrogens is 2. The lowest BCUT2D eigenvalue weighted by molar-refractivity contribution is -0.121. The minimum atomic E-state index is -3.69. The maximum absolute atomic E-state index is 12.7. The number of carbonyl (C=O) groups is 1. The van der Waals surface area contributed by atoms with Crippen LogP contribution in [0.4, 0.5) is 0 Å². The molecule has 8 nitrogen and oxygen atoms in total. The van der Waals surface area contributed by atoms with Gasteiger partial charge in [0.05, 0.1) is 0 Å². The summed E-state index contributed by atoms with van der Waals surface area (Å²) in [6.07, 6.45) is 9.07. The Morgan fingerprint density at radius 2 is 1.79 bits per heavy atom. The maximum atomic E-state index is 12.7. The Bertz CT molecular complexity index is 761. The van der Waals surface area contributed by atoms with E-state index in [1.54, 1.807) is 6.92 Å². The maximum Gasteiger partial charge on any atom is 0.237 e. The molecule has 0 bridgehead atoms. The van der Waals surface area contributed by atoms with E-state index < -0.39 is 27.2 Å². The lowest BCUT2D eigenvalue weighted by Crippen LogP contribution is -2.50. The Balaban J connectivity index is 1.66. The van der Waals surface area contributed by atoms with Crippen molar-refractivity contribution in [2.24, 2.45) is 5.92 Å². The zero-order chi connectivity index (χ0) is 20.2. The molecule has 0 aliphatic heterocycles. The molecule has 2 N–H and O–H groups in total. The molecule has 28 heavy (non-hydrogen) atoms. The molecule has 158 valence electrons. The zero-order valence-corrected chi connectivity index (χ0v) is 17.7. The van der Waals surface area contributed by atoms with Gasteiger partial charge in [-0.3, -0.25) is 4.79 Å². The van der Waals surface area contributed by atoms with E-state index in [0.29, 0.717) is 30.5 Å². The predicted octanol–water partition coefficient (Wildman–Crippen LogP) is 2.54. The van der Waals surface area contributed by atoms with Crippen LogP contribution in [0.15, 0.2) is 4.52 Å². The summed E-state index contributed by atoms with van der Waals surface area (Å²) in [5, 5.41) is 7.00. The highest BCUT2D eigenvalue weighted by atomic mass is 32.2. The van der Waals surface area contributed by atoms with Crippen molar-refractivity contribution < 1.29 is 17.7 Å². The number of nitrogens with zero attached hydrogens (tertiary/aromatic N) is 2. The smallest absolute Gasteiger partial charge is 0.237 e. The second-order valence-corrected chi connectivity index (χ2v) is 10.3. The number of nitrogens with one attached hydrogen (secondary N) is 2. The average molecular weight is 413 g/mol. The van der Waals surface area contributed by atoms with Crippen molar-refractivity contribution in [3.8, 4) is 0 Å². The third kappa shape index (κ3) is 5.53. The van der Waals surface area contributed by atoms with Gasteiger partial charge in [-0.2, -0.15) is 4.98 Å². The van der Waals surface area contributed by atoms with E-state index in [1.807, 2.05) is 0 Å². The SMILES string of the molecule is Cc1nc(C2(NC(=O)CS(=O)(=O)NC3CCC(C)CC3)CCCCCC2)no1. The van der Waals surface area contributed by atoms with Crippen LogP contribution in [0.1, 0.15) is 82.8 Å². The third-order valence-electron chi connectivity index (χ3n) is 5.97. The molecular formula is C19H32N4O4S. The molecule has 2 saturated carbocycles. The zero-order valence-electron chi connectivity index (χ0n) is 16.9. The molecule has 0 saturated heterocycles. The topological polar surface area (TPSA) is 114 Å². The van der Waals surface area contributed by atoms with Crippen LogP contribution in [0.3, 0.4) is 0 Å². The Kier molecular flexibility index (Phi) is 6.75. The minimum absolute atomic E-state index is 0.0688. The van der Waals surface area contributed by atoms with E-state index in [-0.39, 0.29) is 6.04 Å². The Hall–Kier alpha value is -1.48. The van der Waals surface area contributed by atoms with Crippen molar-refractivity contribution >= 4 is 15.9 Å². The second kappa shape index (κ2) is 8.90. The normalized spacial score (nSPS) is 25.8. The first-order valence-corrected chi connectivity index (χ1v) is 12.0. The highest BCUT2D eigenvalue weighted by molar-refractivity contribution is 7.90. The van der Waals surface area contributed by atoms with Crippen molar-refractivity contribution in [2.75, 3.05) is 5.75 Å². The highest BCUT2D eigenvalue weighted by Crippen LogP contribution is 2.34. The molecule has 2 aliphatic rings. The van der Waals surface area contributed by atoms with E-state index in [1.165, 1.54) is 0 Å². The fraction of sp³-hybridized carbons (Fsp3) is 0.842. The standard InChI is InChI=1S/C19H32N4O4S/c1-14-7-9-16(10-8-14)23-28(25,26)13-17(24)21-19(11-5-3-4-6-12-19)18-20-15(2)27-22-18/h14,16,23H,3-13H2,1-2H3,(H,21,24). The number of rotatable bonds is 6. The van der Waals surface area contributed by atoms with Gasteiger partial charge >= 0.3 is 0 Å². The predicted molar refractivity (Wildman–Crippen MR) is 105 cm³/mol. The summed E-state index contributed by atoms with van der Waals surface area (Å²) in [5.41, 5.74) is -0.749. The third-order valence-corrected chi connectivity index (χ3v) is 7.31. The van der Waals surface area contributed by atoms with Gasteiger partial charge in [-0.25, -0.2) is 13.1 Å². The van der Waals surface area contributed by atoms with Gasteiger partial charge in [0, 0.05) is 13.0 Å². The van der Waals surface area contributed by atoms with E-state index in [2.05, 4.69) is 27.1 Å². The van der Waals surface area contributed by atoms with Gasteiger partial charge < -0.3 is 9.84 Å². The molecule has 1 aromatic rings. The number of amides is 1. The summed E-state index contributed by atoms with van der Waals surface area (Å²) >= 11 is 0. The Morgan fingerprint density at radius 1 is 1.14 bits per heavy atom. The molecule has 0 aromatic carbocycles. The summed E-state index contributed by atoms with van der Waals surface area (Å²) in [5.74, 6) is 0.441. The summed E-state index contributed by atoms with van der Waals surface area (Å²) in [4.78, 5) is 17.0. The fourth-order valence-electron chi connectivity index (χ4n) is 4.38. The van der Waals surface area contributed by atoms with Gasteiger partial charge in [0.15, 0.2) is 5.82 Å². The van der Waals surface area contributed by atoms with Crippen molar-refractivity contribution in [3.05, 3.63) is 11.7 Å². The summed E-state index contributed by atoms with van der Waals surface area (Å²) in [7, 11) is -3.69. The first-order chi connectivity index (χ1) is 13.3. The summed E-state index contributed by atoms with van der Waals surface area (Å²) in [6, 6.07) is -0.0688. The van der Waals surface area contributed by atoms with Gasteiger partial charge in [0.25, 0.3) is 0 Å². The summed E-state index contributed by atoms with van der Waals surface area (Å²) < 4.78 is 32.9. The van der Waals surface area contributed by atoms with Gasteiger partial charge in [-0.05, 0) is 44.4 Å². The van der Waals surface area contributed by atoms with Crippen LogP contribution in [-0.2, 0) is 20.4 Å². The first kappa shape index (κ1) is 21.2. The van der Waals surface area contributed by atoms with Gasteiger partial charge in [-0.15, -0.1) is 0 Å². The second-order valence-electron chi connectivity index (χ2n) is 8.52. The molecule has 3 rings (SSSR count). The lowest BCUT2D eigenvalue weighted by atomic mass is 9.88. The molecule has 0 unspecified atom stereocenters. The molecule has 9 heteroatoms. The molecule has 0 atom stereocenters. The molecular weight excluding hydrogens is 380 g/mol. The number of hydrogen-bond donors (Lipinski definition) is 2. The van der Waals surface area contributed by atoms with Crippen molar-refractivity contribution in [1.82, 2.24) is 20.2 Å². The quantitative estimate of drug-likeness (QED) is 0.694. The molecule has 0 radical (unpaired) electrons. The summed E-state index contributed by atoms with van der Waals surface area (Å²) in [6.45, 7) is 3.89. The Labute approximate surface area is 167 Å². The molecule has 1 aromatic heterocycles. The van der Waals surface area contributed by atoms with Gasteiger partial charge in [0.2, 0.25) is 21.8 Å². The molecule has 1 heterocycles. The van der Waals surface area contributed by atoms with Crippen molar-refractivity contribution in [3.63, 3.8) is 0 Å². The van der Waals surface area contributed by atoms with Crippen LogP contribution in [0.5, 0.6) is 0 Å². The molecule has 0 spiro atoms. The highest BCUT2D eigenvalue weighted by Gasteiger charge is 2.39. The fourth-order valence-corrected chi connectivity index (χ4v) is 5.62.